The standard InChI is InChI=1S/C8H8O3.C4H6O4.C4H9O.Na/c1-5(9)7-3-2-6(10)4-8(7)11;1-7-3(5)4(6)8-2;1-4(2,3)5;/h3H,2,4H2,1H3;1-2H3;1-3H3;/q;;-1;+1. The smallest absolute Gasteiger partial charge is 0.850 e. The number of hydrogen-bond donors (Lipinski definition) is 0. The Morgan fingerprint density at radius 3 is 1.64 bits per heavy atom. The van der Waals surface area contributed by atoms with Crippen LogP contribution in [0.2, 0.25) is 0 Å². The molecule has 1 aliphatic rings. The average Bonchev–Trinajstić information content (AvgIpc) is 2.44. The zero-order chi connectivity index (χ0) is 19.5. The molecule has 0 unspecified atom stereocenters. The molecule has 0 spiro atoms. The van der Waals surface area contributed by atoms with E-state index in [1.165, 1.54) is 13.0 Å². The maximum atomic E-state index is 10.9. The first-order valence-corrected chi connectivity index (χ1v) is 6.96. The second-order valence-corrected chi connectivity index (χ2v) is 5.61. The molecule has 0 bridgehead atoms. The number of ether oxygens (including phenoxy) is 2. The third-order valence-electron chi connectivity index (χ3n) is 2.11. The number of methoxy groups -OCH3 is 2. The number of Topliss-reactive ketones (excluding diaryl/α,β-unsaturated/α-hetero) is 3. The van der Waals surface area contributed by atoms with Crippen molar-refractivity contribution < 1.29 is 68.1 Å². The van der Waals surface area contributed by atoms with Crippen molar-refractivity contribution in [1.29, 1.82) is 0 Å². The van der Waals surface area contributed by atoms with Crippen molar-refractivity contribution in [2.45, 2.75) is 46.1 Å². The Morgan fingerprint density at radius 2 is 1.40 bits per heavy atom. The molecule has 8 nitrogen and oxygen atoms in total. The van der Waals surface area contributed by atoms with Crippen molar-refractivity contribution in [3.63, 3.8) is 0 Å². The third-order valence-corrected chi connectivity index (χ3v) is 2.11. The second kappa shape index (κ2) is 13.9. The largest absolute Gasteiger partial charge is 1.00 e. The average molecular weight is 366 g/mol. The molecule has 0 aliphatic heterocycles. The topological polar surface area (TPSA) is 127 Å². The van der Waals surface area contributed by atoms with Gasteiger partial charge in [-0.1, -0.05) is 26.8 Å². The molecule has 1 rings (SSSR count). The van der Waals surface area contributed by atoms with Crippen LogP contribution >= 0.6 is 0 Å². The number of carbonyl (C=O) groups is 5. The molecular weight excluding hydrogens is 343 g/mol. The van der Waals surface area contributed by atoms with Gasteiger partial charge >= 0.3 is 41.5 Å². The van der Waals surface area contributed by atoms with Gasteiger partial charge < -0.3 is 14.6 Å². The maximum Gasteiger partial charge on any atom is 1.00 e. The molecule has 9 heteroatoms. The fourth-order valence-corrected chi connectivity index (χ4v) is 1.18. The number of hydrogen-bond acceptors (Lipinski definition) is 8. The molecule has 25 heavy (non-hydrogen) atoms. The summed E-state index contributed by atoms with van der Waals surface area (Å²) < 4.78 is 7.98. The van der Waals surface area contributed by atoms with Crippen LogP contribution in [0.25, 0.3) is 0 Å². The van der Waals surface area contributed by atoms with Gasteiger partial charge in [0.05, 0.1) is 26.2 Å². The summed E-state index contributed by atoms with van der Waals surface area (Å²) in [4.78, 5) is 52.4. The van der Waals surface area contributed by atoms with Gasteiger partial charge in [-0.15, -0.1) is 5.60 Å². The van der Waals surface area contributed by atoms with E-state index in [-0.39, 0.29) is 65.3 Å². The van der Waals surface area contributed by atoms with Crippen LogP contribution in [0.1, 0.15) is 40.5 Å². The van der Waals surface area contributed by atoms with Crippen LogP contribution in [-0.4, -0.2) is 49.1 Å². The quantitative estimate of drug-likeness (QED) is 0.157. The summed E-state index contributed by atoms with van der Waals surface area (Å²) in [5, 5.41) is 10.1. The van der Waals surface area contributed by atoms with Crippen LogP contribution in [0.5, 0.6) is 0 Å². The monoisotopic (exact) mass is 366 g/mol. The molecule has 0 heterocycles. The van der Waals surface area contributed by atoms with Crippen molar-refractivity contribution in [2.75, 3.05) is 14.2 Å². The van der Waals surface area contributed by atoms with Crippen LogP contribution < -0.4 is 34.7 Å². The second-order valence-electron chi connectivity index (χ2n) is 5.61. The summed E-state index contributed by atoms with van der Waals surface area (Å²) in [5.74, 6) is -2.66. The van der Waals surface area contributed by atoms with Gasteiger partial charge in [0.25, 0.3) is 0 Å². The molecule has 0 radical (unpaired) electrons. The van der Waals surface area contributed by atoms with Crippen molar-refractivity contribution in [3.8, 4) is 0 Å². The van der Waals surface area contributed by atoms with E-state index >= 15 is 0 Å². The molecule has 0 amide bonds. The van der Waals surface area contributed by atoms with Gasteiger partial charge in [0.15, 0.2) is 11.6 Å². The first-order valence-electron chi connectivity index (χ1n) is 6.96. The molecule has 136 valence electrons. The van der Waals surface area contributed by atoms with E-state index in [0.29, 0.717) is 0 Å². The minimum absolute atomic E-state index is 0. The molecule has 0 saturated heterocycles. The molecule has 0 saturated carbocycles. The minimum atomic E-state index is -0.979. The molecule has 0 aromatic heterocycles. The Morgan fingerprint density at radius 1 is 1.04 bits per heavy atom. The van der Waals surface area contributed by atoms with Crippen LogP contribution in [0, 0.1) is 0 Å². The number of carbonyl (C=O) groups excluding carboxylic acids is 5. The van der Waals surface area contributed by atoms with E-state index in [2.05, 4.69) is 9.47 Å². The third kappa shape index (κ3) is 17.3. The van der Waals surface area contributed by atoms with E-state index in [4.69, 9.17) is 0 Å². The van der Waals surface area contributed by atoms with Gasteiger partial charge in [-0.05, 0) is 6.92 Å². The van der Waals surface area contributed by atoms with Gasteiger partial charge in [0.2, 0.25) is 0 Å². The molecule has 0 atom stereocenters. The SMILES string of the molecule is CC(=O)C1=CCC(=O)CC1=O.CC(C)(C)[O-].COC(=O)C(=O)OC.[Na+]. The number of esters is 2. The summed E-state index contributed by atoms with van der Waals surface area (Å²) in [6, 6.07) is 0. The van der Waals surface area contributed by atoms with Crippen molar-refractivity contribution >= 4 is 29.3 Å². The summed E-state index contributed by atoms with van der Waals surface area (Å²) in [5.41, 5.74) is -0.565. The molecule has 1 aliphatic carbocycles. The predicted octanol–water partition coefficient (Wildman–Crippen LogP) is -3.08. The molecule has 0 aromatic carbocycles. The van der Waals surface area contributed by atoms with Crippen LogP contribution in [0.4, 0.5) is 0 Å². The molecule has 0 aromatic rings. The minimum Gasteiger partial charge on any atom is -0.850 e. The Balaban J connectivity index is -0.000000307. The summed E-state index contributed by atoms with van der Waals surface area (Å²) >= 11 is 0. The van der Waals surface area contributed by atoms with Crippen molar-refractivity contribution in [2.24, 2.45) is 0 Å². The number of ketones is 3. The Kier molecular flexibility index (Phi) is 15.8. The van der Waals surface area contributed by atoms with Gasteiger partial charge in [0, 0.05) is 6.42 Å². The van der Waals surface area contributed by atoms with E-state index in [9.17, 15) is 29.1 Å². The van der Waals surface area contributed by atoms with Crippen molar-refractivity contribution in [1.82, 2.24) is 0 Å². The van der Waals surface area contributed by atoms with Crippen molar-refractivity contribution in [3.05, 3.63) is 11.6 Å². The molecular formula is C16H23NaO8. The Labute approximate surface area is 169 Å². The zero-order valence-electron chi connectivity index (χ0n) is 15.8. The van der Waals surface area contributed by atoms with Gasteiger partial charge in [-0.3, -0.25) is 14.4 Å². The fraction of sp³-hybridized carbons (Fsp3) is 0.562. The summed E-state index contributed by atoms with van der Waals surface area (Å²) in [7, 11) is 2.22. The van der Waals surface area contributed by atoms with Gasteiger partial charge in [-0.2, -0.15) is 0 Å². The Hall–Kier alpha value is -1.35. The van der Waals surface area contributed by atoms with E-state index < -0.39 is 17.5 Å². The Bertz CT molecular complexity index is 509. The van der Waals surface area contributed by atoms with Crippen LogP contribution in [0.15, 0.2) is 11.6 Å². The zero-order valence-corrected chi connectivity index (χ0v) is 17.8. The van der Waals surface area contributed by atoms with E-state index in [0.717, 1.165) is 14.2 Å². The van der Waals surface area contributed by atoms with Crippen LogP contribution in [0.3, 0.4) is 0 Å². The predicted molar refractivity (Wildman–Crippen MR) is 81.8 cm³/mol. The number of allylic oxidation sites excluding steroid dienone is 2. The molecule has 0 fully saturated rings. The maximum absolute atomic E-state index is 10.9. The first kappa shape index (κ1) is 28.5. The van der Waals surface area contributed by atoms with E-state index in [1.54, 1.807) is 20.8 Å². The molecule has 0 N–H and O–H groups in total. The summed E-state index contributed by atoms with van der Waals surface area (Å²) in [6.07, 6.45) is 1.53. The van der Waals surface area contributed by atoms with Crippen LogP contribution in [-0.2, 0) is 33.4 Å². The normalized spacial score (nSPS) is 12.8. The van der Waals surface area contributed by atoms with Gasteiger partial charge in [-0.25, -0.2) is 9.59 Å². The van der Waals surface area contributed by atoms with Gasteiger partial charge in [0.1, 0.15) is 5.78 Å². The number of rotatable bonds is 1. The van der Waals surface area contributed by atoms with E-state index in [1.807, 2.05) is 0 Å². The fourth-order valence-electron chi connectivity index (χ4n) is 1.18. The summed E-state index contributed by atoms with van der Waals surface area (Å²) in [6.45, 7) is 6.23. The first-order chi connectivity index (χ1) is 10.8.